The molecule has 0 amide bonds. The Morgan fingerprint density at radius 1 is 1.25 bits per heavy atom. The van der Waals surface area contributed by atoms with Gasteiger partial charge in [-0.1, -0.05) is 12.1 Å². The third kappa shape index (κ3) is 1.43. The maximum atomic E-state index is 5.18. The molecule has 0 N–H and O–H groups in total. The summed E-state index contributed by atoms with van der Waals surface area (Å²) < 4.78 is 5.18. The Morgan fingerprint density at radius 3 is 2.25 bits per heavy atom. The van der Waals surface area contributed by atoms with Crippen molar-refractivity contribution in [3.63, 3.8) is 0 Å². The van der Waals surface area contributed by atoms with E-state index in [-0.39, 0.29) is 0 Å². The predicted octanol–water partition coefficient (Wildman–Crippen LogP) is 1.82. The highest BCUT2D eigenvalue weighted by Gasteiger charge is 2.24. The van der Waals surface area contributed by atoms with Crippen molar-refractivity contribution in [2.45, 2.75) is 6.10 Å². The monoisotopic (exact) mass is 163 g/mol. The zero-order valence-electron chi connectivity index (χ0n) is 7.45. The summed E-state index contributed by atoms with van der Waals surface area (Å²) in [5, 5.41) is 0. The second-order valence-electron chi connectivity index (χ2n) is 3.31. The van der Waals surface area contributed by atoms with Gasteiger partial charge in [-0.3, -0.25) is 0 Å². The molecule has 1 aliphatic rings. The molecule has 1 fully saturated rings. The van der Waals surface area contributed by atoms with Crippen molar-refractivity contribution in [3.8, 4) is 0 Å². The highest BCUT2D eigenvalue weighted by atomic mass is 16.6. The van der Waals surface area contributed by atoms with Crippen LogP contribution in [0.25, 0.3) is 0 Å². The Labute approximate surface area is 72.8 Å². The third-order valence-corrected chi connectivity index (χ3v) is 2.11. The molecule has 0 bridgehead atoms. The van der Waals surface area contributed by atoms with Crippen LogP contribution in [-0.4, -0.2) is 20.7 Å². The summed E-state index contributed by atoms with van der Waals surface area (Å²) in [6.45, 7) is 0.890. The van der Waals surface area contributed by atoms with E-state index in [1.807, 2.05) is 14.1 Å². The van der Waals surface area contributed by atoms with Gasteiger partial charge in [0.1, 0.15) is 6.10 Å². The summed E-state index contributed by atoms with van der Waals surface area (Å²) in [6.07, 6.45) is 0.376. The number of benzene rings is 1. The van der Waals surface area contributed by atoms with Crippen LogP contribution in [0.15, 0.2) is 24.3 Å². The van der Waals surface area contributed by atoms with Crippen molar-refractivity contribution < 1.29 is 4.74 Å². The first-order valence-corrected chi connectivity index (χ1v) is 4.16. The van der Waals surface area contributed by atoms with E-state index in [1.165, 1.54) is 11.3 Å². The Balaban J connectivity index is 2.18. The van der Waals surface area contributed by atoms with Gasteiger partial charge < -0.3 is 9.64 Å². The Bertz CT molecular complexity index is 241. The molecule has 2 heteroatoms. The fraction of sp³-hybridized carbons (Fsp3) is 0.400. The minimum Gasteiger partial charge on any atom is -0.378 e. The molecule has 1 aromatic carbocycles. The largest absolute Gasteiger partial charge is 0.378 e. The first kappa shape index (κ1) is 7.62. The van der Waals surface area contributed by atoms with Crippen molar-refractivity contribution in [3.05, 3.63) is 29.8 Å². The van der Waals surface area contributed by atoms with Crippen molar-refractivity contribution in [2.75, 3.05) is 25.6 Å². The number of hydrogen-bond acceptors (Lipinski definition) is 2. The fourth-order valence-corrected chi connectivity index (χ4v) is 1.23. The number of ether oxygens (including phenoxy) is 1. The van der Waals surface area contributed by atoms with Crippen molar-refractivity contribution in [2.24, 2.45) is 0 Å². The summed E-state index contributed by atoms with van der Waals surface area (Å²) in [7, 11) is 4.09. The lowest BCUT2D eigenvalue weighted by molar-refractivity contribution is 0.415. The molecule has 1 aliphatic heterocycles. The van der Waals surface area contributed by atoms with Gasteiger partial charge >= 0.3 is 0 Å². The lowest BCUT2D eigenvalue weighted by atomic mass is 10.1. The van der Waals surface area contributed by atoms with Gasteiger partial charge in [0.15, 0.2) is 0 Å². The molecule has 1 heterocycles. The molecule has 0 saturated carbocycles. The average molecular weight is 163 g/mol. The number of epoxide rings is 1. The highest BCUT2D eigenvalue weighted by molar-refractivity contribution is 5.46. The molecular formula is C10H13NO. The van der Waals surface area contributed by atoms with Crippen LogP contribution >= 0.6 is 0 Å². The summed E-state index contributed by atoms with van der Waals surface area (Å²) in [5.41, 5.74) is 2.53. The molecule has 2 rings (SSSR count). The molecular weight excluding hydrogens is 150 g/mol. The normalized spacial score (nSPS) is 20.7. The van der Waals surface area contributed by atoms with E-state index in [9.17, 15) is 0 Å². The molecule has 0 unspecified atom stereocenters. The minimum absolute atomic E-state index is 0.376. The van der Waals surface area contributed by atoms with Crippen molar-refractivity contribution >= 4 is 5.69 Å². The van der Waals surface area contributed by atoms with Gasteiger partial charge in [0.25, 0.3) is 0 Å². The molecule has 1 aromatic rings. The van der Waals surface area contributed by atoms with Crippen LogP contribution in [0.2, 0.25) is 0 Å². The lowest BCUT2D eigenvalue weighted by Gasteiger charge is -2.11. The zero-order chi connectivity index (χ0) is 8.55. The van der Waals surface area contributed by atoms with Crippen LogP contribution < -0.4 is 4.90 Å². The maximum Gasteiger partial charge on any atom is 0.106 e. The Kier molecular flexibility index (Phi) is 1.77. The first-order valence-electron chi connectivity index (χ1n) is 4.16. The molecule has 0 aliphatic carbocycles. The van der Waals surface area contributed by atoms with Gasteiger partial charge in [0.2, 0.25) is 0 Å². The van der Waals surface area contributed by atoms with E-state index in [1.54, 1.807) is 0 Å². The second kappa shape index (κ2) is 2.79. The van der Waals surface area contributed by atoms with Crippen molar-refractivity contribution in [1.82, 2.24) is 0 Å². The molecule has 1 saturated heterocycles. The predicted molar refractivity (Wildman–Crippen MR) is 49.5 cm³/mol. The molecule has 64 valence electrons. The SMILES string of the molecule is CN(C)c1ccc([C@@H]2CO2)cc1. The van der Waals surface area contributed by atoms with E-state index in [4.69, 9.17) is 4.74 Å². The number of rotatable bonds is 2. The van der Waals surface area contributed by atoms with Gasteiger partial charge in [-0.2, -0.15) is 0 Å². The molecule has 0 spiro atoms. The zero-order valence-corrected chi connectivity index (χ0v) is 7.45. The number of nitrogens with zero attached hydrogens (tertiary/aromatic N) is 1. The van der Waals surface area contributed by atoms with Crippen LogP contribution in [0.3, 0.4) is 0 Å². The van der Waals surface area contributed by atoms with E-state index >= 15 is 0 Å². The van der Waals surface area contributed by atoms with E-state index in [0.29, 0.717) is 6.10 Å². The van der Waals surface area contributed by atoms with Crippen LogP contribution in [0.5, 0.6) is 0 Å². The molecule has 1 atom stereocenters. The van der Waals surface area contributed by atoms with Gasteiger partial charge in [-0.15, -0.1) is 0 Å². The summed E-state index contributed by atoms with van der Waals surface area (Å²) in [6, 6.07) is 8.51. The van der Waals surface area contributed by atoms with Gasteiger partial charge in [0, 0.05) is 19.8 Å². The lowest BCUT2D eigenvalue weighted by Crippen LogP contribution is -2.08. The van der Waals surface area contributed by atoms with Gasteiger partial charge in [0.05, 0.1) is 6.61 Å². The van der Waals surface area contributed by atoms with E-state index in [0.717, 1.165) is 6.61 Å². The molecule has 0 aromatic heterocycles. The molecule has 2 nitrogen and oxygen atoms in total. The van der Waals surface area contributed by atoms with Crippen molar-refractivity contribution in [1.29, 1.82) is 0 Å². The average Bonchev–Trinajstić information content (AvgIpc) is 2.87. The van der Waals surface area contributed by atoms with Crippen LogP contribution in [0.4, 0.5) is 5.69 Å². The summed E-state index contributed by atoms with van der Waals surface area (Å²) >= 11 is 0. The van der Waals surface area contributed by atoms with Crippen LogP contribution in [0, 0.1) is 0 Å². The van der Waals surface area contributed by atoms with Gasteiger partial charge in [-0.25, -0.2) is 0 Å². The summed E-state index contributed by atoms with van der Waals surface area (Å²) in [4.78, 5) is 2.09. The summed E-state index contributed by atoms with van der Waals surface area (Å²) in [5.74, 6) is 0. The number of anilines is 1. The smallest absolute Gasteiger partial charge is 0.106 e. The minimum atomic E-state index is 0.376. The third-order valence-electron chi connectivity index (χ3n) is 2.11. The fourth-order valence-electron chi connectivity index (χ4n) is 1.23. The highest BCUT2D eigenvalue weighted by Crippen LogP contribution is 2.30. The second-order valence-corrected chi connectivity index (χ2v) is 3.31. The van der Waals surface area contributed by atoms with Crippen LogP contribution in [-0.2, 0) is 4.74 Å². The van der Waals surface area contributed by atoms with Gasteiger partial charge in [-0.05, 0) is 17.7 Å². The molecule has 0 radical (unpaired) electrons. The topological polar surface area (TPSA) is 15.8 Å². The van der Waals surface area contributed by atoms with E-state index in [2.05, 4.69) is 29.2 Å². The quantitative estimate of drug-likeness (QED) is 0.618. The molecule has 12 heavy (non-hydrogen) atoms. The van der Waals surface area contributed by atoms with Crippen LogP contribution in [0.1, 0.15) is 11.7 Å². The Morgan fingerprint density at radius 2 is 1.83 bits per heavy atom. The Hall–Kier alpha value is -1.02. The first-order chi connectivity index (χ1) is 5.77. The number of hydrogen-bond donors (Lipinski definition) is 0. The standard InChI is InChI=1S/C10H13NO/c1-11(2)9-5-3-8(4-6-9)10-7-12-10/h3-6,10H,7H2,1-2H3/t10-/m0/s1. The maximum absolute atomic E-state index is 5.18. The van der Waals surface area contributed by atoms with E-state index < -0.39 is 0 Å².